The van der Waals surface area contributed by atoms with Gasteiger partial charge < -0.3 is 19.7 Å². The highest BCUT2D eigenvalue weighted by Crippen LogP contribution is 2.45. The standard InChI is InChI=1S/C31H34N8O5/c32-38-36-20-44-25-7-8-26(31(41)35-18-29-33-11-2-12-34-29)28(16-25)39-13-9-21(10-14-39)19-43-24-4-1-3-23(15-24)27(22-5-6-22)17-30(40)37-42/h1-4,7-8,11-12,15-16,21-22,27H,5-6,9-10,13-14,17-20H2,(H,35,41). The van der Waals surface area contributed by atoms with Gasteiger partial charge in [-0.25, -0.2) is 9.97 Å². The maximum atomic E-state index is 13.2. The van der Waals surface area contributed by atoms with Crippen molar-refractivity contribution in [2.45, 2.75) is 44.6 Å². The summed E-state index contributed by atoms with van der Waals surface area (Å²) in [6.07, 6.45) is 7.19. The number of anilines is 1. The summed E-state index contributed by atoms with van der Waals surface area (Å²) < 4.78 is 11.8. The minimum atomic E-state index is -0.612. The van der Waals surface area contributed by atoms with Gasteiger partial charge in [-0.2, -0.15) is 0 Å². The van der Waals surface area contributed by atoms with Gasteiger partial charge in [0.25, 0.3) is 11.8 Å². The molecule has 13 heteroatoms. The Morgan fingerprint density at radius 1 is 1.02 bits per heavy atom. The zero-order chi connectivity index (χ0) is 30.7. The van der Waals surface area contributed by atoms with E-state index in [1.807, 2.05) is 24.3 Å². The predicted molar refractivity (Wildman–Crippen MR) is 162 cm³/mol. The first-order valence-electron chi connectivity index (χ1n) is 14.7. The van der Waals surface area contributed by atoms with Crippen molar-refractivity contribution >= 4 is 17.5 Å². The molecule has 44 heavy (non-hydrogen) atoms. The Kier molecular flexibility index (Phi) is 10.3. The predicted octanol–water partition coefficient (Wildman–Crippen LogP) is 5.53. The number of piperidine rings is 1. The lowest BCUT2D eigenvalue weighted by Crippen LogP contribution is -2.37. The number of carbonyl (C=O) groups is 2. The molecule has 1 saturated heterocycles. The molecule has 2 amide bonds. The van der Waals surface area contributed by atoms with Crippen molar-refractivity contribution in [2.24, 2.45) is 22.1 Å². The topological polar surface area (TPSA) is 172 Å². The minimum absolute atomic E-state index is 0.00921. The molecule has 3 aromatic rings. The van der Waals surface area contributed by atoms with Gasteiger partial charge >= 0.3 is 0 Å². The Morgan fingerprint density at radius 3 is 2.52 bits per heavy atom. The van der Waals surface area contributed by atoms with Gasteiger partial charge in [-0.1, -0.05) is 17.2 Å². The minimum Gasteiger partial charge on any atom is -0.493 e. The van der Waals surface area contributed by atoms with Crippen LogP contribution in [0.2, 0.25) is 0 Å². The summed E-state index contributed by atoms with van der Waals surface area (Å²) in [7, 11) is 0. The van der Waals surface area contributed by atoms with E-state index in [0.717, 1.165) is 42.7 Å². The molecule has 1 N–H and O–H groups in total. The van der Waals surface area contributed by atoms with Crippen LogP contribution < -0.4 is 19.7 Å². The highest BCUT2D eigenvalue weighted by atomic mass is 16.5. The van der Waals surface area contributed by atoms with E-state index < -0.39 is 5.91 Å². The molecule has 0 bridgehead atoms. The Morgan fingerprint density at radius 2 is 1.80 bits per heavy atom. The number of carbonyl (C=O) groups excluding carboxylic acids is 2. The highest BCUT2D eigenvalue weighted by molar-refractivity contribution is 6.00. The van der Waals surface area contributed by atoms with Crippen LogP contribution in [0.25, 0.3) is 10.4 Å². The average molecular weight is 599 g/mol. The summed E-state index contributed by atoms with van der Waals surface area (Å²) in [4.78, 5) is 48.9. The van der Waals surface area contributed by atoms with Crippen LogP contribution in [0.15, 0.2) is 71.2 Å². The summed E-state index contributed by atoms with van der Waals surface area (Å²) >= 11 is 0. The lowest BCUT2D eigenvalue weighted by molar-refractivity contribution is -0.118. The SMILES string of the molecule is [N-]=[N+]=NCOc1ccc(C(=O)NCc2ncccn2)c(N2CCC(COc3cccc(C(CC(=O)N=O)C4CC4)c3)CC2)c1. The van der Waals surface area contributed by atoms with Gasteiger partial charge in [0.15, 0.2) is 6.73 Å². The Labute approximate surface area is 254 Å². The van der Waals surface area contributed by atoms with E-state index >= 15 is 0 Å². The number of benzene rings is 2. The van der Waals surface area contributed by atoms with Crippen molar-refractivity contribution in [3.05, 3.63) is 93.2 Å². The van der Waals surface area contributed by atoms with E-state index in [0.29, 0.717) is 48.7 Å². The second-order valence-electron chi connectivity index (χ2n) is 11.0. The van der Waals surface area contributed by atoms with Gasteiger partial charge in [0, 0.05) is 48.1 Å². The van der Waals surface area contributed by atoms with Gasteiger partial charge in [-0.3, -0.25) is 9.59 Å². The molecule has 5 rings (SSSR count). The molecule has 2 heterocycles. The van der Waals surface area contributed by atoms with Crippen LogP contribution in [0.5, 0.6) is 11.5 Å². The van der Waals surface area contributed by atoms with Crippen LogP contribution in [0.4, 0.5) is 5.69 Å². The third-order valence-electron chi connectivity index (χ3n) is 8.01. The van der Waals surface area contributed by atoms with Gasteiger partial charge in [0.05, 0.1) is 24.4 Å². The van der Waals surface area contributed by atoms with Crippen LogP contribution in [0.3, 0.4) is 0 Å². The summed E-state index contributed by atoms with van der Waals surface area (Å²) in [6, 6.07) is 14.7. The quantitative estimate of drug-likeness (QED) is 0.109. The molecule has 13 nitrogen and oxygen atoms in total. The highest BCUT2D eigenvalue weighted by Gasteiger charge is 2.34. The van der Waals surface area contributed by atoms with E-state index in [-0.39, 0.29) is 31.5 Å². The molecule has 2 fully saturated rings. The van der Waals surface area contributed by atoms with E-state index in [9.17, 15) is 14.5 Å². The lowest BCUT2D eigenvalue weighted by atomic mass is 9.90. The number of ether oxygens (including phenoxy) is 2. The van der Waals surface area contributed by atoms with Gasteiger partial charge in [-0.15, -0.1) is 4.91 Å². The van der Waals surface area contributed by atoms with Crippen LogP contribution in [0.1, 0.15) is 59.8 Å². The number of nitroso groups, excluding NO2 is 1. The van der Waals surface area contributed by atoms with Gasteiger partial charge in [-0.05, 0) is 84.9 Å². The molecule has 2 aromatic carbocycles. The Hall–Kier alpha value is -5.03. The third-order valence-corrected chi connectivity index (χ3v) is 8.01. The van der Waals surface area contributed by atoms with Crippen molar-refractivity contribution in [3.63, 3.8) is 0 Å². The fourth-order valence-electron chi connectivity index (χ4n) is 5.53. The first kappa shape index (κ1) is 30.4. The van der Waals surface area contributed by atoms with Crippen molar-refractivity contribution in [2.75, 3.05) is 31.3 Å². The first-order chi connectivity index (χ1) is 21.5. The van der Waals surface area contributed by atoms with Crippen molar-refractivity contribution in [1.82, 2.24) is 15.3 Å². The first-order valence-corrected chi connectivity index (χ1v) is 14.7. The molecule has 1 saturated carbocycles. The fraction of sp³-hybridized carbons (Fsp3) is 0.419. The second-order valence-corrected chi connectivity index (χ2v) is 11.0. The molecular formula is C31H34N8O5. The zero-order valence-electron chi connectivity index (χ0n) is 24.2. The number of hydrogen-bond acceptors (Lipinski definition) is 9. The van der Waals surface area contributed by atoms with E-state index in [1.165, 1.54) is 0 Å². The smallest absolute Gasteiger partial charge is 0.286 e. The van der Waals surface area contributed by atoms with Crippen LogP contribution in [-0.4, -0.2) is 48.2 Å². The van der Waals surface area contributed by atoms with Crippen molar-refractivity contribution in [1.29, 1.82) is 0 Å². The summed E-state index contributed by atoms with van der Waals surface area (Å²) in [6.45, 7) is 2.00. The van der Waals surface area contributed by atoms with Crippen LogP contribution >= 0.6 is 0 Å². The maximum Gasteiger partial charge on any atom is 0.286 e. The molecule has 2 aliphatic rings. The second kappa shape index (κ2) is 14.9. The molecule has 1 atom stereocenters. The van der Waals surface area contributed by atoms with E-state index in [4.69, 9.17) is 15.0 Å². The van der Waals surface area contributed by atoms with E-state index in [2.05, 4.69) is 35.4 Å². The molecular weight excluding hydrogens is 564 g/mol. The van der Waals surface area contributed by atoms with Crippen LogP contribution in [-0.2, 0) is 11.3 Å². The molecule has 1 aromatic heterocycles. The largest absolute Gasteiger partial charge is 0.493 e. The molecule has 0 radical (unpaired) electrons. The summed E-state index contributed by atoms with van der Waals surface area (Å²) in [5.74, 6) is 1.59. The number of aromatic nitrogens is 2. The number of amides is 2. The van der Waals surface area contributed by atoms with Crippen molar-refractivity contribution < 1.29 is 19.1 Å². The third kappa shape index (κ3) is 8.29. The number of nitrogens with zero attached hydrogens (tertiary/aromatic N) is 7. The van der Waals surface area contributed by atoms with Gasteiger partial charge in [0.2, 0.25) is 0 Å². The summed E-state index contributed by atoms with van der Waals surface area (Å²) in [5.41, 5.74) is 10.8. The Balaban J connectivity index is 1.21. The van der Waals surface area contributed by atoms with Crippen LogP contribution in [0, 0.1) is 16.7 Å². The molecule has 1 aliphatic carbocycles. The summed E-state index contributed by atoms with van der Waals surface area (Å²) in [5, 5.41) is 8.92. The lowest BCUT2D eigenvalue weighted by Gasteiger charge is -2.34. The number of hydrogen-bond donors (Lipinski definition) is 1. The molecule has 1 unspecified atom stereocenters. The normalized spacial score (nSPS) is 15.5. The van der Waals surface area contributed by atoms with Crippen molar-refractivity contribution in [3.8, 4) is 11.5 Å². The number of rotatable bonds is 14. The number of azide groups is 1. The molecule has 228 valence electrons. The molecule has 0 spiro atoms. The van der Waals surface area contributed by atoms with Gasteiger partial charge in [0.1, 0.15) is 17.3 Å². The monoisotopic (exact) mass is 598 g/mol. The number of nitrogens with one attached hydrogen (secondary N) is 1. The molecule has 1 aliphatic heterocycles. The van der Waals surface area contributed by atoms with E-state index in [1.54, 1.807) is 36.7 Å². The zero-order valence-corrected chi connectivity index (χ0v) is 24.2. The Bertz CT molecular complexity index is 1500. The fourth-order valence-corrected chi connectivity index (χ4v) is 5.53. The average Bonchev–Trinajstić information content (AvgIpc) is 3.91. The maximum absolute atomic E-state index is 13.2.